The third-order valence-corrected chi connectivity index (χ3v) is 5.49. The monoisotopic (exact) mass is 336 g/mol. The SMILES string of the molecule is CCN(CC)c1nc2sc(C(=O)[C@H](C#N)C(=O)NC)cc2s1. The smallest absolute Gasteiger partial charge is 0.245 e. The Hall–Kier alpha value is -1.98. The average molecular weight is 336 g/mol. The van der Waals surface area contributed by atoms with E-state index >= 15 is 0 Å². The molecule has 2 heterocycles. The summed E-state index contributed by atoms with van der Waals surface area (Å²) in [4.78, 5) is 31.7. The lowest BCUT2D eigenvalue weighted by Gasteiger charge is -2.16. The lowest BCUT2D eigenvalue weighted by Crippen LogP contribution is -2.31. The molecule has 0 unspecified atom stereocenters. The molecule has 0 saturated carbocycles. The number of ketones is 1. The Bertz CT molecular complexity index is 708. The first kappa shape index (κ1) is 16.4. The van der Waals surface area contributed by atoms with Crippen molar-refractivity contribution in [3.63, 3.8) is 0 Å². The third kappa shape index (κ3) is 2.96. The average Bonchev–Trinajstić information content (AvgIpc) is 3.07. The predicted octanol–water partition coefficient (Wildman–Crippen LogP) is 2.27. The number of nitrogens with one attached hydrogen (secondary N) is 1. The van der Waals surface area contributed by atoms with E-state index in [4.69, 9.17) is 5.26 Å². The molecule has 1 N–H and O–H groups in total. The molecule has 2 aromatic rings. The van der Waals surface area contributed by atoms with Crippen molar-refractivity contribution in [2.24, 2.45) is 5.92 Å². The Morgan fingerprint density at radius 2 is 2.09 bits per heavy atom. The van der Waals surface area contributed by atoms with Crippen LogP contribution < -0.4 is 10.2 Å². The first-order valence-electron chi connectivity index (χ1n) is 6.86. The molecule has 0 bridgehead atoms. The fourth-order valence-corrected chi connectivity index (χ4v) is 4.31. The minimum absolute atomic E-state index is 0.398. The van der Waals surface area contributed by atoms with Crippen LogP contribution in [-0.4, -0.2) is 36.8 Å². The van der Waals surface area contributed by atoms with Crippen molar-refractivity contribution < 1.29 is 9.59 Å². The van der Waals surface area contributed by atoms with Crippen molar-refractivity contribution in [2.45, 2.75) is 13.8 Å². The Kier molecular flexibility index (Phi) is 5.11. The van der Waals surface area contributed by atoms with Crippen molar-refractivity contribution in [1.82, 2.24) is 10.3 Å². The number of anilines is 1. The van der Waals surface area contributed by atoms with Crippen LogP contribution in [0, 0.1) is 17.2 Å². The zero-order chi connectivity index (χ0) is 16.3. The zero-order valence-electron chi connectivity index (χ0n) is 12.5. The molecule has 22 heavy (non-hydrogen) atoms. The normalized spacial score (nSPS) is 11.9. The van der Waals surface area contributed by atoms with E-state index in [1.165, 1.54) is 29.7 Å². The van der Waals surface area contributed by atoms with E-state index < -0.39 is 17.6 Å². The summed E-state index contributed by atoms with van der Waals surface area (Å²) in [5, 5.41) is 12.3. The predicted molar refractivity (Wildman–Crippen MR) is 88.6 cm³/mol. The van der Waals surface area contributed by atoms with Gasteiger partial charge < -0.3 is 10.2 Å². The van der Waals surface area contributed by atoms with Gasteiger partial charge in [-0.3, -0.25) is 9.59 Å². The van der Waals surface area contributed by atoms with Crippen LogP contribution >= 0.6 is 22.7 Å². The van der Waals surface area contributed by atoms with Gasteiger partial charge >= 0.3 is 0 Å². The Balaban J connectivity index is 2.31. The molecular formula is C14H16N4O2S2. The number of nitriles is 1. The number of amides is 1. The maximum absolute atomic E-state index is 12.3. The zero-order valence-corrected chi connectivity index (χ0v) is 14.2. The number of carbonyl (C=O) groups is 2. The molecule has 0 fully saturated rings. The van der Waals surface area contributed by atoms with Gasteiger partial charge in [0.1, 0.15) is 4.83 Å². The van der Waals surface area contributed by atoms with Crippen LogP contribution in [-0.2, 0) is 4.79 Å². The lowest BCUT2D eigenvalue weighted by molar-refractivity contribution is -0.121. The largest absolute Gasteiger partial charge is 0.358 e. The number of carbonyl (C=O) groups excluding carboxylic acids is 2. The standard InChI is InChI=1S/C14H16N4O2S2/c1-4-18(5-2)14-17-13-10(22-14)6-9(21-13)11(19)8(7-15)12(20)16-3/h6,8H,4-5H2,1-3H3,(H,16,20)/t8-/m0/s1. The van der Waals surface area contributed by atoms with E-state index in [9.17, 15) is 9.59 Å². The molecule has 2 rings (SSSR count). The van der Waals surface area contributed by atoms with Gasteiger partial charge in [-0.2, -0.15) is 5.26 Å². The fourth-order valence-electron chi connectivity index (χ4n) is 2.00. The summed E-state index contributed by atoms with van der Waals surface area (Å²) in [5.74, 6) is -2.36. The van der Waals surface area contributed by atoms with Crippen LogP contribution in [0.2, 0.25) is 0 Å². The van der Waals surface area contributed by atoms with E-state index in [0.717, 1.165) is 27.8 Å². The number of thiophene rings is 1. The molecule has 1 atom stereocenters. The van der Waals surface area contributed by atoms with Gasteiger partial charge in [-0.15, -0.1) is 11.3 Å². The summed E-state index contributed by atoms with van der Waals surface area (Å²) in [6, 6.07) is 3.48. The molecule has 0 aliphatic heterocycles. The summed E-state index contributed by atoms with van der Waals surface area (Å²) < 4.78 is 0.906. The fraction of sp³-hybridized carbons (Fsp3) is 0.429. The van der Waals surface area contributed by atoms with Crippen LogP contribution in [0.3, 0.4) is 0 Å². The number of Topliss-reactive ketones (excluding diaryl/α,β-unsaturated/α-hetero) is 1. The van der Waals surface area contributed by atoms with Crippen LogP contribution in [0.15, 0.2) is 6.07 Å². The van der Waals surface area contributed by atoms with Gasteiger partial charge in [0.05, 0.1) is 15.6 Å². The Morgan fingerprint density at radius 1 is 1.41 bits per heavy atom. The number of thiazole rings is 1. The second-order valence-corrected chi connectivity index (χ2v) is 6.53. The maximum Gasteiger partial charge on any atom is 0.245 e. The lowest BCUT2D eigenvalue weighted by atomic mass is 10.0. The van der Waals surface area contributed by atoms with Crippen LogP contribution in [0.25, 0.3) is 9.53 Å². The number of aromatic nitrogens is 1. The van der Waals surface area contributed by atoms with Gasteiger partial charge in [-0.1, -0.05) is 11.3 Å². The molecule has 0 radical (unpaired) electrons. The summed E-state index contributed by atoms with van der Waals surface area (Å²) in [6.45, 7) is 5.87. The highest BCUT2D eigenvalue weighted by Gasteiger charge is 2.28. The van der Waals surface area contributed by atoms with E-state index in [0.29, 0.717) is 4.88 Å². The summed E-state index contributed by atoms with van der Waals surface area (Å²) >= 11 is 2.74. The quantitative estimate of drug-likeness (QED) is 0.646. The molecule has 0 spiro atoms. The van der Waals surface area contributed by atoms with Gasteiger partial charge in [0.25, 0.3) is 0 Å². The van der Waals surface area contributed by atoms with Crippen LogP contribution in [0.5, 0.6) is 0 Å². The topological polar surface area (TPSA) is 86.1 Å². The Labute approximate surface area is 136 Å². The highest BCUT2D eigenvalue weighted by atomic mass is 32.1. The molecular weight excluding hydrogens is 320 g/mol. The van der Waals surface area contributed by atoms with E-state index in [1.807, 2.05) is 0 Å². The second-order valence-electron chi connectivity index (χ2n) is 4.49. The summed E-state index contributed by atoms with van der Waals surface area (Å²) in [7, 11) is 1.41. The van der Waals surface area contributed by atoms with Crippen molar-refractivity contribution in [1.29, 1.82) is 5.26 Å². The van der Waals surface area contributed by atoms with E-state index in [1.54, 1.807) is 12.1 Å². The molecule has 8 heteroatoms. The molecule has 1 amide bonds. The van der Waals surface area contributed by atoms with Gasteiger partial charge in [0.2, 0.25) is 5.91 Å². The molecule has 116 valence electrons. The highest BCUT2D eigenvalue weighted by Crippen LogP contribution is 2.35. The summed E-state index contributed by atoms with van der Waals surface area (Å²) in [6.07, 6.45) is 0. The van der Waals surface area contributed by atoms with Crippen LogP contribution in [0.1, 0.15) is 23.5 Å². The number of hydrogen-bond acceptors (Lipinski definition) is 7. The van der Waals surface area contributed by atoms with Crippen LogP contribution in [0.4, 0.5) is 5.13 Å². The van der Waals surface area contributed by atoms with Gasteiger partial charge in [0.15, 0.2) is 16.8 Å². The second kappa shape index (κ2) is 6.85. The van der Waals surface area contributed by atoms with Gasteiger partial charge in [-0.05, 0) is 19.9 Å². The minimum Gasteiger partial charge on any atom is -0.358 e. The van der Waals surface area contributed by atoms with E-state index in [2.05, 4.69) is 29.0 Å². The minimum atomic E-state index is -1.31. The van der Waals surface area contributed by atoms with Crippen molar-refractivity contribution in [3.8, 4) is 6.07 Å². The Morgan fingerprint density at radius 3 is 2.59 bits per heavy atom. The van der Waals surface area contributed by atoms with Crippen molar-refractivity contribution >= 4 is 49.0 Å². The molecule has 0 aliphatic carbocycles. The van der Waals surface area contributed by atoms with Crippen molar-refractivity contribution in [2.75, 3.05) is 25.0 Å². The number of nitrogens with zero attached hydrogens (tertiary/aromatic N) is 3. The molecule has 0 aliphatic rings. The molecule has 2 aromatic heterocycles. The summed E-state index contributed by atoms with van der Waals surface area (Å²) in [5.41, 5.74) is 0. The van der Waals surface area contributed by atoms with Gasteiger partial charge in [-0.25, -0.2) is 4.98 Å². The van der Waals surface area contributed by atoms with Gasteiger partial charge in [0, 0.05) is 20.1 Å². The van der Waals surface area contributed by atoms with Crippen molar-refractivity contribution in [3.05, 3.63) is 10.9 Å². The number of rotatable bonds is 6. The number of fused-ring (bicyclic) bond motifs is 1. The number of hydrogen-bond donors (Lipinski definition) is 1. The molecule has 6 nitrogen and oxygen atoms in total. The molecule has 0 saturated heterocycles. The highest BCUT2D eigenvalue weighted by molar-refractivity contribution is 7.29. The first-order valence-corrected chi connectivity index (χ1v) is 8.49. The van der Waals surface area contributed by atoms with E-state index in [-0.39, 0.29) is 0 Å². The maximum atomic E-state index is 12.3. The third-order valence-electron chi connectivity index (χ3n) is 3.25. The molecule has 0 aromatic carbocycles. The first-order chi connectivity index (χ1) is 10.5.